The van der Waals surface area contributed by atoms with Gasteiger partial charge in [-0.15, -0.1) is 0 Å². The van der Waals surface area contributed by atoms with E-state index in [0.29, 0.717) is 13.2 Å². The van der Waals surface area contributed by atoms with Gasteiger partial charge in [0, 0.05) is 6.54 Å². The molecule has 1 fully saturated rings. The standard InChI is InChI=1S/C4H7NO3S/c6-9(7)4-3-8-2-1-5-4/h5H,1-3H2. The molecule has 1 N–H and O–H groups in total. The Bertz CT molecular complexity index is 202. The summed E-state index contributed by atoms with van der Waals surface area (Å²) in [5, 5.41) is 2.70. The van der Waals surface area contributed by atoms with Crippen LogP contribution < -0.4 is 5.32 Å². The quantitative estimate of drug-likeness (QED) is 0.431. The minimum atomic E-state index is -2.12. The summed E-state index contributed by atoms with van der Waals surface area (Å²) in [7, 11) is -2.12. The maximum atomic E-state index is 10.2. The van der Waals surface area contributed by atoms with Crippen molar-refractivity contribution in [2.45, 2.75) is 0 Å². The SMILES string of the molecule is O=S(=O)=C1COCCN1. The summed E-state index contributed by atoms with van der Waals surface area (Å²) in [5.74, 6) is 0. The third-order valence-electron chi connectivity index (χ3n) is 1.00. The fraction of sp³-hybridized carbons (Fsp3) is 0.750. The second kappa shape index (κ2) is 2.95. The third-order valence-corrected chi connectivity index (χ3v) is 1.67. The molecule has 0 radical (unpaired) electrons. The zero-order valence-corrected chi connectivity index (χ0v) is 5.57. The van der Waals surface area contributed by atoms with Crippen LogP contribution in [0.3, 0.4) is 0 Å². The van der Waals surface area contributed by atoms with Crippen LogP contribution in [0.4, 0.5) is 0 Å². The lowest BCUT2D eigenvalue weighted by Gasteiger charge is -2.11. The van der Waals surface area contributed by atoms with E-state index in [-0.39, 0.29) is 11.6 Å². The topological polar surface area (TPSA) is 55.4 Å². The largest absolute Gasteiger partial charge is 0.373 e. The molecule has 0 spiro atoms. The number of hydrogen-bond acceptors (Lipinski definition) is 3. The Kier molecular flexibility index (Phi) is 2.21. The summed E-state index contributed by atoms with van der Waals surface area (Å²) in [4.78, 5) is 0.251. The first-order valence-electron chi connectivity index (χ1n) is 2.57. The molecule has 0 bridgehead atoms. The molecule has 1 aliphatic heterocycles. The van der Waals surface area contributed by atoms with Gasteiger partial charge in [-0.2, -0.15) is 8.42 Å². The molecule has 1 rings (SSSR count). The zero-order chi connectivity index (χ0) is 6.69. The lowest BCUT2D eigenvalue weighted by atomic mass is 10.5. The molecule has 0 aliphatic carbocycles. The smallest absolute Gasteiger partial charge is 0.230 e. The Balaban J connectivity index is 2.72. The normalized spacial score (nSPS) is 19.8. The molecule has 0 unspecified atom stereocenters. The molecular formula is C4H7NO3S. The molecule has 0 amide bonds. The zero-order valence-electron chi connectivity index (χ0n) is 4.75. The van der Waals surface area contributed by atoms with Crippen molar-refractivity contribution in [2.24, 2.45) is 0 Å². The van der Waals surface area contributed by atoms with E-state index in [9.17, 15) is 8.42 Å². The fourth-order valence-corrected chi connectivity index (χ4v) is 0.985. The summed E-state index contributed by atoms with van der Waals surface area (Å²) >= 11 is 0. The van der Waals surface area contributed by atoms with Crippen LogP contribution in [0.2, 0.25) is 0 Å². The summed E-state index contributed by atoms with van der Waals surface area (Å²) < 4.78 is 25.2. The van der Waals surface area contributed by atoms with E-state index in [1.165, 1.54) is 0 Å². The van der Waals surface area contributed by atoms with E-state index in [4.69, 9.17) is 4.74 Å². The first-order chi connectivity index (χ1) is 4.30. The molecule has 1 heterocycles. The maximum absolute atomic E-state index is 10.2. The van der Waals surface area contributed by atoms with E-state index >= 15 is 0 Å². The molecule has 5 heteroatoms. The summed E-state index contributed by atoms with van der Waals surface area (Å²) in [6, 6.07) is 0. The van der Waals surface area contributed by atoms with Gasteiger partial charge in [0.15, 0.2) is 0 Å². The highest BCUT2D eigenvalue weighted by Crippen LogP contribution is 1.81. The van der Waals surface area contributed by atoms with Crippen LogP contribution in [0.15, 0.2) is 0 Å². The van der Waals surface area contributed by atoms with Crippen molar-refractivity contribution < 1.29 is 13.2 Å². The Morgan fingerprint density at radius 3 is 2.67 bits per heavy atom. The molecule has 4 nitrogen and oxygen atoms in total. The monoisotopic (exact) mass is 149 g/mol. The number of hydrogen-bond donors (Lipinski definition) is 1. The van der Waals surface area contributed by atoms with Crippen molar-refractivity contribution >= 4 is 15.3 Å². The van der Waals surface area contributed by atoms with Crippen LogP contribution in [-0.4, -0.2) is 33.2 Å². The number of morpholine rings is 1. The van der Waals surface area contributed by atoms with Gasteiger partial charge < -0.3 is 4.74 Å². The number of rotatable bonds is 0. The summed E-state index contributed by atoms with van der Waals surface area (Å²) in [6.07, 6.45) is 0. The van der Waals surface area contributed by atoms with Gasteiger partial charge in [-0.25, -0.2) is 0 Å². The highest BCUT2D eigenvalue weighted by molar-refractivity contribution is 7.72. The van der Waals surface area contributed by atoms with Crippen molar-refractivity contribution in [1.82, 2.24) is 5.32 Å². The van der Waals surface area contributed by atoms with Crippen molar-refractivity contribution in [3.05, 3.63) is 0 Å². The van der Waals surface area contributed by atoms with Crippen LogP contribution in [0.25, 0.3) is 0 Å². The average Bonchev–Trinajstić information content (AvgIpc) is 1.90. The van der Waals surface area contributed by atoms with Crippen LogP contribution >= 0.6 is 0 Å². The van der Waals surface area contributed by atoms with Gasteiger partial charge in [0.05, 0.1) is 13.2 Å². The minimum Gasteiger partial charge on any atom is -0.373 e. The molecular weight excluding hydrogens is 142 g/mol. The van der Waals surface area contributed by atoms with Crippen molar-refractivity contribution in [3.8, 4) is 0 Å². The molecule has 52 valence electrons. The first-order valence-corrected chi connectivity index (χ1v) is 3.65. The van der Waals surface area contributed by atoms with Crippen LogP contribution in [0.5, 0.6) is 0 Å². The molecule has 0 saturated carbocycles. The van der Waals surface area contributed by atoms with E-state index in [1.54, 1.807) is 0 Å². The molecule has 0 aromatic carbocycles. The highest BCUT2D eigenvalue weighted by Gasteiger charge is 2.05. The third kappa shape index (κ3) is 1.78. The Morgan fingerprint density at radius 2 is 2.33 bits per heavy atom. The van der Waals surface area contributed by atoms with Gasteiger partial charge in [-0.3, -0.25) is 5.32 Å². The Morgan fingerprint density at radius 1 is 1.56 bits per heavy atom. The fourth-order valence-electron chi connectivity index (χ4n) is 0.586. The molecule has 1 aliphatic rings. The van der Waals surface area contributed by atoms with Crippen LogP contribution in [0, 0.1) is 0 Å². The molecule has 0 atom stereocenters. The highest BCUT2D eigenvalue weighted by atomic mass is 32.2. The van der Waals surface area contributed by atoms with E-state index in [0.717, 1.165) is 0 Å². The van der Waals surface area contributed by atoms with Crippen molar-refractivity contribution in [1.29, 1.82) is 0 Å². The van der Waals surface area contributed by atoms with Gasteiger partial charge in [-0.1, -0.05) is 0 Å². The second-order valence-corrected chi connectivity index (χ2v) is 2.60. The Labute approximate surface area is 54.4 Å². The van der Waals surface area contributed by atoms with Crippen molar-refractivity contribution in [2.75, 3.05) is 19.8 Å². The number of ether oxygens (including phenoxy) is 1. The lowest BCUT2D eigenvalue weighted by Crippen LogP contribution is -2.37. The Hall–Kier alpha value is -0.390. The van der Waals surface area contributed by atoms with Gasteiger partial charge in [0.25, 0.3) is 0 Å². The second-order valence-electron chi connectivity index (χ2n) is 1.64. The molecule has 1 saturated heterocycles. The van der Waals surface area contributed by atoms with E-state index in [2.05, 4.69) is 5.32 Å². The van der Waals surface area contributed by atoms with Crippen LogP contribution in [-0.2, 0) is 15.0 Å². The minimum absolute atomic E-state index is 0.191. The lowest BCUT2D eigenvalue weighted by molar-refractivity contribution is 0.161. The first kappa shape index (κ1) is 6.73. The predicted molar refractivity (Wildman–Crippen MR) is 32.7 cm³/mol. The summed E-state index contributed by atoms with van der Waals surface area (Å²) in [6.45, 7) is 1.36. The van der Waals surface area contributed by atoms with Crippen molar-refractivity contribution in [3.63, 3.8) is 0 Å². The maximum Gasteiger partial charge on any atom is 0.230 e. The molecule has 0 aromatic heterocycles. The van der Waals surface area contributed by atoms with Gasteiger partial charge >= 0.3 is 0 Å². The van der Waals surface area contributed by atoms with Gasteiger partial charge in [0.1, 0.15) is 4.99 Å². The molecule has 9 heavy (non-hydrogen) atoms. The van der Waals surface area contributed by atoms with E-state index in [1.807, 2.05) is 0 Å². The van der Waals surface area contributed by atoms with Gasteiger partial charge in [0.2, 0.25) is 10.3 Å². The average molecular weight is 149 g/mol. The van der Waals surface area contributed by atoms with E-state index < -0.39 is 10.3 Å². The summed E-state index contributed by atoms with van der Waals surface area (Å²) in [5.41, 5.74) is 0. The number of nitrogens with one attached hydrogen (secondary N) is 1. The molecule has 0 aromatic rings. The predicted octanol–water partition coefficient (Wildman–Crippen LogP) is -1.38. The van der Waals surface area contributed by atoms with Gasteiger partial charge in [-0.05, 0) is 0 Å². The van der Waals surface area contributed by atoms with Crippen LogP contribution in [0.1, 0.15) is 0 Å².